The maximum Gasteiger partial charge on any atom is 0.141 e. The molecule has 0 saturated carbocycles. The predicted molar refractivity (Wildman–Crippen MR) is 79.6 cm³/mol. The lowest BCUT2D eigenvalue weighted by atomic mass is 9.99. The second kappa shape index (κ2) is 6.25. The number of ether oxygens (including phenoxy) is 1. The highest BCUT2D eigenvalue weighted by Crippen LogP contribution is 2.25. The average molecular weight is 294 g/mol. The van der Waals surface area contributed by atoms with E-state index >= 15 is 0 Å². The fraction of sp³-hybridized carbons (Fsp3) is 0.250. The topological polar surface area (TPSA) is 35.2 Å². The van der Waals surface area contributed by atoms with Crippen LogP contribution in [0, 0.1) is 5.82 Å². The number of rotatable bonds is 4. The van der Waals surface area contributed by atoms with Gasteiger partial charge in [0.05, 0.1) is 17.2 Å². The molecule has 2 aromatic rings. The third kappa shape index (κ3) is 3.50. The average Bonchev–Trinajstić information content (AvgIpc) is 2.41. The van der Waals surface area contributed by atoms with Gasteiger partial charge in [0, 0.05) is 0 Å². The molecule has 0 saturated heterocycles. The van der Waals surface area contributed by atoms with Gasteiger partial charge in [-0.3, -0.25) is 0 Å². The Kier molecular flexibility index (Phi) is 4.63. The van der Waals surface area contributed by atoms with Gasteiger partial charge in [-0.1, -0.05) is 29.8 Å². The molecule has 2 aromatic carbocycles. The highest BCUT2D eigenvalue weighted by Gasteiger charge is 2.11. The summed E-state index contributed by atoms with van der Waals surface area (Å²) in [5, 5.41) is 0.0812. The SMILES string of the molecule is CC(C)Oc1ccc(C(N)c2ccc(F)c(Cl)c2)cc1. The Morgan fingerprint density at radius 2 is 1.65 bits per heavy atom. The monoisotopic (exact) mass is 293 g/mol. The van der Waals surface area contributed by atoms with Crippen molar-refractivity contribution in [1.82, 2.24) is 0 Å². The van der Waals surface area contributed by atoms with E-state index in [1.54, 1.807) is 12.1 Å². The molecule has 0 aliphatic heterocycles. The molecule has 0 spiro atoms. The first kappa shape index (κ1) is 14.8. The largest absolute Gasteiger partial charge is 0.491 e. The molecule has 2 rings (SSSR count). The van der Waals surface area contributed by atoms with Crippen LogP contribution in [0.5, 0.6) is 5.75 Å². The van der Waals surface area contributed by atoms with E-state index in [0.717, 1.165) is 16.9 Å². The van der Waals surface area contributed by atoms with E-state index in [2.05, 4.69) is 0 Å². The van der Waals surface area contributed by atoms with Gasteiger partial charge in [0.25, 0.3) is 0 Å². The Labute approximate surface area is 123 Å². The zero-order valence-electron chi connectivity index (χ0n) is 11.4. The lowest BCUT2D eigenvalue weighted by Gasteiger charge is -2.15. The van der Waals surface area contributed by atoms with Gasteiger partial charge in [-0.05, 0) is 49.2 Å². The maximum absolute atomic E-state index is 13.1. The molecule has 0 aliphatic rings. The van der Waals surface area contributed by atoms with Crippen LogP contribution < -0.4 is 10.5 Å². The van der Waals surface area contributed by atoms with E-state index in [4.69, 9.17) is 22.1 Å². The molecule has 1 atom stereocenters. The number of benzene rings is 2. The summed E-state index contributed by atoms with van der Waals surface area (Å²) in [6.07, 6.45) is 0.130. The summed E-state index contributed by atoms with van der Waals surface area (Å²) in [6.45, 7) is 3.94. The number of hydrogen-bond acceptors (Lipinski definition) is 2. The van der Waals surface area contributed by atoms with Crippen LogP contribution in [0.1, 0.15) is 31.0 Å². The quantitative estimate of drug-likeness (QED) is 0.911. The fourth-order valence-electron chi connectivity index (χ4n) is 1.92. The molecule has 0 amide bonds. The van der Waals surface area contributed by atoms with Gasteiger partial charge in [0.2, 0.25) is 0 Å². The normalized spacial score (nSPS) is 12.5. The minimum Gasteiger partial charge on any atom is -0.491 e. The Morgan fingerprint density at radius 3 is 2.20 bits per heavy atom. The minimum absolute atomic E-state index is 0.0812. The van der Waals surface area contributed by atoms with Crippen LogP contribution in [-0.2, 0) is 0 Å². The van der Waals surface area contributed by atoms with Gasteiger partial charge in [-0.15, -0.1) is 0 Å². The molecular weight excluding hydrogens is 277 g/mol. The third-order valence-electron chi connectivity index (χ3n) is 2.91. The molecule has 1 unspecified atom stereocenters. The minimum atomic E-state index is -0.441. The van der Waals surface area contributed by atoms with Gasteiger partial charge in [-0.25, -0.2) is 4.39 Å². The molecular formula is C16H17ClFNO. The van der Waals surface area contributed by atoms with Crippen molar-refractivity contribution >= 4 is 11.6 Å². The Hall–Kier alpha value is -1.58. The van der Waals surface area contributed by atoms with Crippen molar-refractivity contribution in [1.29, 1.82) is 0 Å². The van der Waals surface area contributed by atoms with Crippen molar-refractivity contribution in [2.45, 2.75) is 26.0 Å². The van der Waals surface area contributed by atoms with Gasteiger partial charge in [0.15, 0.2) is 0 Å². The van der Waals surface area contributed by atoms with Crippen LogP contribution in [0.25, 0.3) is 0 Å². The summed E-state index contributed by atoms with van der Waals surface area (Å²) >= 11 is 5.78. The van der Waals surface area contributed by atoms with Crippen LogP contribution in [0.15, 0.2) is 42.5 Å². The smallest absolute Gasteiger partial charge is 0.141 e. The highest BCUT2D eigenvalue weighted by atomic mass is 35.5. The van der Waals surface area contributed by atoms with Crippen LogP contribution >= 0.6 is 11.6 Å². The van der Waals surface area contributed by atoms with Gasteiger partial charge in [-0.2, -0.15) is 0 Å². The molecule has 0 bridgehead atoms. The first-order valence-corrected chi connectivity index (χ1v) is 6.82. The summed E-state index contributed by atoms with van der Waals surface area (Å²) in [5.74, 6) is 0.358. The second-order valence-electron chi connectivity index (χ2n) is 4.89. The van der Waals surface area contributed by atoms with Gasteiger partial charge < -0.3 is 10.5 Å². The van der Waals surface area contributed by atoms with E-state index in [0.29, 0.717) is 0 Å². The summed E-state index contributed by atoms with van der Waals surface area (Å²) in [4.78, 5) is 0. The van der Waals surface area contributed by atoms with E-state index in [1.165, 1.54) is 6.07 Å². The van der Waals surface area contributed by atoms with Gasteiger partial charge in [0.1, 0.15) is 11.6 Å². The summed E-state index contributed by atoms with van der Waals surface area (Å²) < 4.78 is 18.7. The Morgan fingerprint density at radius 1 is 1.05 bits per heavy atom. The lowest BCUT2D eigenvalue weighted by Crippen LogP contribution is -2.12. The molecule has 0 aromatic heterocycles. The fourth-order valence-corrected chi connectivity index (χ4v) is 2.11. The van der Waals surface area contributed by atoms with Crippen molar-refractivity contribution < 1.29 is 9.13 Å². The molecule has 0 aliphatic carbocycles. The van der Waals surface area contributed by atoms with Crippen LogP contribution in [-0.4, -0.2) is 6.10 Å². The van der Waals surface area contributed by atoms with Crippen molar-refractivity contribution in [2.75, 3.05) is 0 Å². The summed E-state index contributed by atoms with van der Waals surface area (Å²) in [5.41, 5.74) is 7.86. The molecule has 0 fully saturated rings. The second-order valence-corrected chi connectivity index (χ2v) is 5.29. The molecule has 2 nitrogen and oxygen atoms in total. The van der Waals surface area contributed by atoms with Crippen molar-refractivity contribution in [2.24, 2.45) is 5.73 Å². The zero-order chi connectivity index (χ0) is 14.7. The van der Waals surface area contributed by atoms with Crippen molar-refractivity contribution in [3.8, 4) is 5.75 Å². The van der Waals surface area contributed by atoms with Crippen molar-refractivity contribution in [3.05, 3.63) is 64.4 Å². The van der Waals surface area contributed by atoms with E-state index in [-0.39, 0.29) is 17.2 Å². The van der Waals surface area contributed by atoms with Gasteiger partial charge >= 0.3 is 0 Å². The first-order chi connectivity index (χ1) is 9.47. The Balaban J connectivity index is 2.20. The first-order valence-electron chi connectivity index (χ1n) is 6.44. The molecule has 0 radical (unpaired) electrons. The molecule has 2 N–H and O–H groups in total. The summed E-state index contributed by atoms with van der Waals surface area (Å²) in [6, 6.07) is 11.7. The van der Waals surface area contributed by atoms with Crippen LogP contribution in [0.2, 0.25) is 5.02 Å². The van der Waals surface area contributed by atoms with Crippen LogP contribution in [0.4, 0.5) is 4.39 Å². The lowest BCUT2D eigenvalue weighted by molar-refractivity contribution is 0.242. The third-order valence-corrected chi connectivity index (χ3v) is 3.20. The number of nitrogens with two attached hydrogens (primary N) is 1. The maximum atomic E-state index is 13.1. The number of halogens is 2. The van der Waals surface area contributed by atoms with Crippen molar-refractivity contribution in [3.63, 3.8) is 0 Å². The number of hydrogen-bond donors (Lipinski definition) is 1. The Bertz CT molecular complexity index is 584. The standard InChI is InChI=1S/C16H17ClFNO/c1-10(2)20-13-6-3-11(4-7-13)16(19)12-5-8-15(18)14(17)9-12/h3-10,16H,19H2,1-2H3. The van der Waals surface area contributed by atoms with E-state index in [1.807, 2.05) is 38.1 Å². The van der Waals surface area contributed by atoms with E-state index < -0.39 is 5.82 Å². The van der Waals surface area contributed by atoms with E-state index in [9.17, 15) is 4.39 Å². The molecule has 0 heterocycles. The molecule has 20 heavy (non-hydrogen) atoms. The highest BCUT2D eigenvalue weighted by molar-refractivity contribution is 6.30. The predicted octanol–water partition coefficient (Wildman–Crippen LogP) is 4.31. The van der Waals surface area contributed by atoms with Crippen LogP contribution in [0.3, 0.4) is 0 Å². The zero-order valence-corrected chi connectivity index (χ0v) is 12.2. The summed E-state index contributed by atoms with van der Waals surface area (Å²) in [7, 11) is 0. The molecule has 4 heteroatoms. The molecule has 106 valence electrons.